The van der Waals surface area contributed by atoms with Crippen LogP contribution in [0.4, 0.5) is 23.1 Å². The minimum atomic E-state index is -0.532. The number of anilines is 4. The van der Waals surface area contributed by atoms with Crippen molar-refractivity contribution in [3.05, 3.63) is 78.1 Å². The van der Waals surface area contributed by atoms with Crippen molar-refractivity contribution in [2.75, 3.05) is 24.4 Å². The van der Waals surface area contributed by atoms with Crippen molar-refractivity contribution >= 4 is 51.0 Å². The van der Waals surface area contributed by atoms with Gasteiger partial charge in [0.1, 0.15) is 22.9 Å². The van der Waals surface area contributed by atoms with Gasteiger partial charge in [0.25, 0.3) is 5.91 Å². The molecule has 1 amide bonds. The molecule has 6 rings (SSSR count). The van der Waals surface area contributed by atoms with E-state index in [9.17, 15) is 4.79 Å². The van der Waals surface area contributed by atoms with E-state index in [1.165, 1.54) is 0 Å². The average Bonchev–Trinajstić information content (AvgIpc) is 3.52. The van der Waals surface area contributed by atoms with E-state index in [0.717, 1.165) is 39.4 Å². The number of aryl methyl sites for hydroxylation is 2. The number of ether oxygens (including phenoxy) is 1. The monoisotopic (exact) mass is 533 g/mol. The molecule has 3 heterocycles. The Balaban J connectivity index is 1.27. The lowest BCUT2D eigenvalue weighted by molar-refractivity contribution is 0.100. The summed E-state index contributed by atoms with van der Waals surface area (Å²) in [6.07, 6.45) is 1.71. The second-order valence-electron chi connectivity index (χ2n) is 9.40. The number of rotatable bonds is 7. The van der Waals surface area contributed by atoms with Crippen LogP contribution in [0.3, 0.4) is 0 Å². The fourth-order valence-corrected chi connectivity index (χ4v) is 4.71. The summed E-state index contributed by atoms with van der Waals surface area (Å²) in [4.78, 5) is 30.8. The van der Waals surface area contributed by atoms with E-state index in [1.54, 1.807) is 25.4 Å². The number of para-hydroxylation sites is 1. The van der Waals surface area contributed by atoms with E-state index in [0.29, 0.717) is 34.1 Å². The van der Waals surface area contributed by atoms with Crippen molar-refractivity contribution in [1.82, 2.24) is 29.7 Å². The van der Waals surface area contributed by atoms with Gasteiger partial charge in [-0.3, -0.25) is 9.48 Å². The summed E-state index contributed by atoms with van der Waals surface area (Å²) in [5.41, 5.74) is 11.6. The zero-order valence-electron chi connectivity index (χ0n) is 22.4. The van der Waals surface area contributed by atoms with Crippen LogP contribution >= 0.6 is 0 Å². The molecule has 0 bridgehead atoms. The fourth-order valence-electron chi connectivity index (χ4n) is 4.71. The smallest absolute Gasteiger partial charge is 0.250 e. The molecule has 11 heteroatoms. The second-order valence-corrected chi connectivity index (χ2v) is 9.40. The van der Waals surface area contributed by atoms with Gasteiger partial charge in [-0.05, 0) is 55.5 Å². The van der Waals surface area contributed by atoms with Crippen LogP contribution in [0.15, 0.2) is 66.9 Å². The maximum absolute atomic E-state index is 11.8. The summed E-state index contributed by atoms with van der Waals surface area (Å²) in [6, 6.07) is 18.9. The number of aromatic nitrogens is 6. The first kappa shape index (κ1) is 24.9. The number of nitrogens with zero attached hydrogens (tertiary/aromatic N) is 6. The topological polar surface area (TPSA) is 140 Å². The SMILES string of the molecule is COc1cc(Nc2nccc(N(C)c3ccc4c(C)n(C)nc4c3)n2)ccc1-c1nc2c(C(N)=O)cccc2[nH]1. The Morgan fingerprint density at radius 3 is 2.75 bits per heavy atom. The van der Waals surface area contributed by atoms with Crippen molar-refractivity contribution in [2.45, 2.75) is 6.92 Å². The molecule has 0 aliphatic carbocycles. The minimum absolute atomic E-state index is 0.356. The van der Waals surface area contributed by atoms with Gasteiger partial charge < -0.3 is 25.7 Å². The molecule has 0 saturated carbocycles. The Labute approximate surface area is 229 Å². The molecule has 0 fully saturated rings. The van der Waals surface area contributed by atoms with Crippen molar-refractivity contribution in [1.29, 1.82) is 0 Å². The number of hydrogen-bond acceptors (Lipinski definition) is 8. The van der Waals surface area contributed by atoms with Crippen LogP contribution in [0.2, 0.25) is 0 Å². The van der Waals surface area contributed by atoms with Crippen molar-refractivity contribution in [3.8, 4) is 17.1 Å². The molecule has 0 saturated heterocycles. The summed E-state index contributed by atoms with van der Waals surface area (Å²) in [5, 5.41) is 8.98. The highest BCUT2D eigenvalue weighted by atomic mass is 16.5. The number of fused-ring (bicyclic) bond motifs is 2. The zero-order chi connectivity index (χ0) is 28.0. The van der Waals surface area contributed by atoms with E-state index in [4.69, 9.17) is 15.5 Å². The van der Waals surface area contributed by atoms with Crippen LogP contribution in [0.25, 0.3) is 33.3 Å². The molecule has 200 valence electrons. The van der Waals surface area contributed by atoms with Gasteiger partial charge in [0.15, 0.2) is 0 Å². The molecule has 0 spiro atoms. The molecule has 40 heavy (non-hydrogen) atoms. The number of nitrogens with one attached hydrogen (secondary N) is 2. The van der Waals surface area contributed by atoms with Gasteiger partial charge in [0, 0.05) is 48.8 Å². The first-order valence-electron chi connectivity index (χ1n) is 12.6. The maximum atomic E-state index is 11.8. The summed E-state index contributed by atoms with van der Waals surface area (Å²) in [6.45, 7) is 2.05. The molecule has 0 radical (unpaired) electrons. The third kappa shape index (κ3) is 4.33. The van der Waals surface area contributed by atoms with E-state index in [2.05, 4.69) is 44.4 Å². The summed E-state index contributed by atoms with van der Waals surface area (Å²) in [7, 11) is 5.49. The molecule has 6 aromatic rings. The zero-order valence-corrected chi connectivity index (χ0v) is 22.4. The predicted octanol–water partition coefficient (Wildman–Crippen LogP) is 4.83. The largest absolute Gasteiger partial charge is 0.496 e. The van der Waals surface area contributed by atoms with Crippen LogP contribution in [-0.4, -0.2) is 49.8 Å². The highest BCUT2D eigenvalue weighted by molar-refractivity contribution is 6.04. The number of primary amides is 1. The van der Waals surface area contributed by atoms with Gasteiger partial charge in [-0.15, -0.1) is 0 Å². The Bertz CT molecular complexity index is 1910. The standard InChI is InChI=1S/C29H27N9O2/c1-16-19-11-9-18(15-23(19)36-38(16)3)37(2)25-12-13-31-29(34-25)32-17-8-10-20(24(14-17)40-4)28-33-22-7-5-6-21(27(30)39)26(22)35-28/h5-15H,1-4H3,(H2,30,39)(H,33,35)(H,31,32,34). The van der Waals surface area contributed by atoms with Gasteiger partial charge in [0.2, 0.25) is 5.95 Å². The van der Waals surface area contributed by atoms with Gasteiger partial charge in [-0.2, -0.15) is 10.1 Å². The summed E-state index contributed by atoms with van der Waals surface area (Å²) < 4.78 is 7.55. The van der Waals surface area contributed by atoms with Gasteiger partial charge >= 0.3 is 0 Å². The lowest BCUT2D eigenvalue weighted by Gasteiger charge is -2.19. The Morgan fingerprint density at radius 1 is 1.10 bits per heavy atom. The molecular formula is C29H27N9O2. The molecule has 0 aliphatic rings. The lowest BCUT2D eigenvalue weighted by atomic mass is 10.1. The maximum Gasteiger partial charge on any atom is 0.250 e. The summed E-state index contributed by atoms with van der Waals surface area (Å²) >= 11 is 0. The summed E-state index contributed by atoms with van der Waals surface area (Å²) in [5.74, 6) is 1.77. The van der Waals surface area contributed by atoms with E-state index in [1.807, 2.05) is 60.1 Å². The number of benzene rings is 3. The average molecular weight is 534 g/mol. The normalized spacial score (nSPS) is 11.2. The number of methoxy groups -OCH3 is 1. The Kier molecular flexibility index (Phi) is 6.03. The van der Waals surface area contributed by atoms with Crippen molar-refractivity contribution in [2.24, 2.45) is 12.8 Å². The number of carbonyl (C=O) groups excluding carboxylic acids is 1. The number of aromatic amines is 1. The molecule has 0 atom stereocenters. The minimum Gasteiger partial charge on any atom is -0.496 e. The van der Waals surface area contributed by atoms with Crippen LogP contribution in [0.5, 0.6) is 5.75 Å². The van der Waals surface area contributed by atoms with E-state index >= 15 is 0 Å². The highest BCUT2D eigenvalue weighted by Gasteiger charge is 2.16. The van der Waals surface area contributed by atoms with E-state index in [-0.39, 0.29) is 0 Å². The number of carbonyl (C=O) groups is 1. The van der Waals surface area contributed by atoms with Gasteiger partial charge in [-0.25, -0.2) is 9.97 Å². The molecule has 3 aromatic heterocycles. The second kappa shape index (κ2) is 9.70. The predicted molar refractivity (Wildman–Crippen MR) is 155 cm³/mol. The molecule has 0 unspecified atom stereocenters. The lowest BCUT2D eigenvalue weighted by Crippen LogP contribution is -2.12. The number of imidazole rings is 1. The molecule has 0 aliphatic heterocycles. The first-order valence-corrected chi connectivity index (χ1v) is 12.6. The van der Waals surface area contributed by atoms with Crippen LogP contribution in [0.1, 0.15) is 16.1 Å². The van der Waals surface area contributed by atoms with Gasteiger partial charge in [-0.1, -0.05) is 6.07 Å². The van der Waals surface area contributed by atoms with Crippen molar-refractivity contribution in [3.63, 3.8) is 0 Å². The molecule has 11 nitrogen and oxygen atoms in total. The third-order valence-electron chi connectivity index (χ3n) is 6.98. The first-order chi connectivity index (χ1) is 19.3. The molecule has 4 N–H and O–H groups in total. The Hall–Kier alpha value is -5.45. The number of H-pyrrole nitrogens is 1. The van der Waals surface area contributed by atoms with Gasteiger partial charge in [0.05, 0.1) is 29.3 Å². The van der Waals surface area contributed by atoms with E-state index < -0.39 is 5.91 Å². The number of nitrogens with two attached hydrogens (primary N) is 1. The molecule has 3 aromatic carbocycles. The quantitative estimate of drug-likeness (QED) is 0.265. The number of hydrogen-bond donors (Lipinski definition) is 3. The highest BCUT2D eigenvalue weighted by Crippen LogP contribution is 2.34. The fraction of sp³-hybridized carbons (Fsp3) is 0.138. The molecular weight excluding hydrogens is 506 g/mol. The van der Waals surface area contributed by atoms with Crippen LogP contribution < -0.4 is 20.7 Å². The number of amides is 1. The van der Waals surface area contributed by atoms with Crippen molar-refractivity contribution < 1.29 is 9.53 Å². The van der Waals surface area contributed by atoms with Crippen LogP contribution in [-0.2, 0) is 7.05 Å². The Morgan fingerprint density at radius 2 is 1.95 bits per heavy atom. The van der Waals surface area contributed by atoms with Crippen LogP contribution in [0, 0.1) is 6.92 Å². The third-order valence-corrected chi connectivity index (χ3v) is 6.98.